The molecule has 2 nitrogen and oxygen atoms in total. The maximum atomic E-state index is 12.1. The second-order valence-electron chi connectivity index (χ2n) is 3.57. The van der Waals surface area contributed by atoms with Crippen LogP contribution in [0.2, 0.25) is 0 Å². The Labute approximate surface area is 91.7 Å². The van der Waals surface area contributed by atoms with Gasteiger partial charge in [-0.05, 0) is 31.2 Å². The summed E-state index contributed by atoms with van der Waals surface area (Å²) in [4.78, 5) is 12.0. The molecule has 0 bridgehead atoms. The highest BCUT2D eigenvalue weighted by molar-refractivity contribution is 5.94. The van der Waals surface area contributed by atoms with E-state index in [1.165, 1.54) is 38.2 Å². The molecule has 0 aliphatic carbocycles. The predicted molar refractivity (Wildman–Crippen MR) is 55.8 cm³/mol. The van der Waals surface area contributed by atoms with Crippen LogP contribution in [0.5, 0.6) is 0 Å². The summed E-state index contributed by atoms with van der Waals surface area (Å²) in [5, 5.41) is 0. The van der Waals surface area contributed by atoms with Crippen molar-refractivity contribution < 1.29 is 18.0 Å². The van der Waals surface area contributed by atoms with Gasteiger partial charge in [0.1, 0.15) is 6.54 Å². The number of benzene rings is 1. The van der Waals surface area contributed by atoms with Gasteiger partial charge in [0.2, 0.25) is 0 Å². The van der Waals surface area contributed by atoms with Crippen molar-refractivity contribution in [1.29, 1.82) is 0 Å². The van der Waals surface area contributed by atoms with Gasteiger partial charge < -0.3 is 4.90 Å². The summed E-state index contributed by atoms with van der Waals surface area (Å²) in [5.41, 5.74) is 0.923. The Morgan fingerprint density at radius 3 is 2.12 bits per heavy atom. The zero-order valence-electron chi connectivity index (χ0n) is 9.01. The molecule has 1 aromatic rings. The zero-order valence-corrected chi connectivity index (χ0v) is 9.01. The first-order chi connectivity index (χ1) is 7.29. The average Bonchev–Trinajstić information content (AvgIpc) is 2.15. The Hall–Kier alpha value is -1.52. The molecule has 0 atom stereocenters. The number of rotatable bonds is 3. The van der Waals surface area contributed by atoms with E-state index in [0.29, 0.717) is 11.3 Å². The van der Waals surface area contributed by atoms with Crippen molar-refractivity contribution in [2.75, 3.05) is 18.5 Å². The van der Waals surface area contributed by atoms with Crippen molar-refractivity contribution in [2.45, 2.75) is 13.1 Å². The lowest BCUT2D eigenvalue weighted by Crippen LogP contribution is -2.30. The van der Waals surface area contributed by atoms with Gasteiger partial charge in [0.05, 0.1) is 0 Å². The number of carbonyl (C=O) groups excluding carboxylic acids is 1. The lowest BCUT2D eigenvalue weighted by Gasteiger charge is -2.20. The van der Waals surface area contributed by atoms with Crippen molar-refractivity contribution in [3.63, 3.8) is 0 Å². The minimum atomic E-state index is -4.23. The van der Waals surface area contributed by atoms with E-state index < -0.39 is 12.7 Å². The molecule has 0 saturated carbocycles. The van der Waals surface area contributed by atoms with E-state index in [1.807, 2.05) is 0 Å². The number of hydrogen-bond donors (Lipinski definition) is 0. The summed E-state index contributed by atoms with van der Waals surface area (Å²) in [7, 11) is 1.36. The van der Waals surface area contributed by atoms with Gasteiger partial charge in [-0.15, -0.1) is 0 Å². The minimum absolute atomic E-state index is 0.106. The quantitative estimate of drug-likeness (QED) is 0.745. The first-order valence-electron chi connectivity index (χ1n) is 4.68. The third-order valence-corrected chi connectivity index (χ3v) is 2.13. The summed E-state index contributed by atoms with van der Waals surface area (Å²) in [6.45, 7) is 0.404. The molecule has 0 fully saturated rings. The highest BCUT2D eigenvalue weighted by atomic mass is 19.4. The van der Waals surface area contributed by atoms with E-state index in [1.54, 1.807) is 0 Å². The number of Topliss-reactive ketones (excluding diaryl/α,β-unsaturated/α-hetero) is 1. The smallest absolute Gasteiger partial charge is 0.366 e. The average molecular weight is 231 g/mol. The van der Waals surface area contributed by atoms with Crippen LogP contribution >= 0.6 is 0 Å². The lowest BCUT2D eigenvalue weighted by atomic mass is 10.1. The maximum Gasteiger partial charge on any atom is 0.405 e. The second-order valence-corrected chi connectivity index (χ2v) is 3.57. The molecule has 0 aliphatic rings. The lowest BCUT2D eigenvalue weighted by molar-refractivity contribution is -0.119. The Bertz CT molecular complexity index is 370. The number of anilines is 1. The molecule has 0 unspecified atom stereocenters. The van der Waals surface area contributed by atoms with Crippen molar-refractivity contribution >= 4 is 11.5 Å². The molecule has 16 heavy (non-hydrogen) atoms. The largest absolute Gasteiger partial charge is 0.405 e. The Morgan fingerprint density at radius 1 is 1.25 bits per heavy atom. The summed E-state index contributed by atoms with van der Waals surface area (Å²) < 4.78 is 36.3. The van der Waals surface area contributed by atoms with Gasteiger partial charge in [0.15, 0.2) is 5.78 Å². The molecule has 0 spiro atoms. The fourth-order valence-electron chi connectivity index (χ4n) is 1.31. The molecule has 0 amide bonds. The highest BCUT2D eigenvalue weighted by Gasteiger charge is 2.29. The normalized spacial score (nSPS) is 11.3. The van der Waals surface area contributed by atoms with Gasteiger partial charge in [0.25, 0.3) is 0 Å². The highest BCUT2D eigenvalue weighted by Crippen LogP contribution is 2.21. The second kappa shape index (κ2) is 4.55. The molecular weight excluding hydrogens is 219 g/mol. The number of alkyl halides is 3. The predicted octanol–water partition coefficient (Wildman–Crippen LogP) is 2.89. The summed E-state index contributed by atoms with van der Waals surface area (Å²) in [6.07, 6.45) is -4.23. The van der Waals surface area contributed by atoms with Crippen LogP contribution in [-0.2, 0) is 0 Å². The molecule has 0 radical (unpaired) electrons. The fourth-order valence-corrected chi connectivity index (χ4v) is 1.31. The monoisotopic (exact) mass is 231 g/mol. The van der Waals surface area contributed by atoms with Crippen LogP contribution in [0.4, 0.5) is 18.9 Å². The molecule has 1 rings (SSSR count). The minimum Gasteiger partial charge on any atom is -0.366 e. The van der Waals surface area contributed by atoms with Crippen LogP contribution in [-0.4, -0.2) is 25.6 Å². The first kappa shape index (κ1) is 12.5. The molecule has 0 saturated heterocycles. The van der Waals surface area contributed by atoms with E-state index in [4.69, 9.17) is 0 Å². The number of ketones is 1. The molecular formula is C11H12F3NO. The van der Waals surface area contributed by atoms with Crippen LogP contribution in [0, 0.1) is 0 Å². The van der Waals surface area contributed by atoms with Crippen molar-refractivity contribution in [1.82, 2.24) is 0 Å². The number of nitrogens with zero attached hydrogens (tertiary/aromatic N) is 1. The SMILES string of the molecule is CC(=O)c1ccc(N(C)CC(F)(F)F)cc1. The fraction of sp³-hybridized carbons (Fsp3) is 0.364. The van der Waals surface area contributed by atoms with Crippen LogP contribution in [0.25, 0.3) is 0 Å². The van der Waals surface area contributed by atoms with Crippen molar-refractivity contribution in [2.24, 2.45) is 0 Å². The molecule has 88 valence electrons. The van der Waals surface area contributed by atoms with E-state index in [2.05, 4.69) is 0 Å². The van der Waals surface area contributed by atoms with E-state index in [9.17, 15) is 18.0 Å². The Kier molecular flexibility index (Phi) is 3.57. The molecule has 5 heteroatoms. The molecule has 0 N–H and O–H groups in total. The number of carbonyl (C=O) groups is 1. The van der Waals surface area contributed by atoms with Crippen LogP contribution in [0.1, 0.15) is 17.3 Å². The van der Waals surface area contributed by atoms with E-state index in [0.717, 1.165) is 4.90 Å². The van der Waals surface area contributed by atoms with Gasteiger partial charge >= 0.3 is 6.18 Å². The standard InChI is InChI=1S/C11H12F3NO/c1-8(16)9-3-5-10(6-4-9)15(2)7-11(12,13)14/h3-6H,7H2,1-2H3. The van der Waals surface area contributed by atoms with E-state index in [-0.39, 0.29) is 5.78 Å². The molecule has 1 aromatic carbocycles. The van der Waals surface area contributed by atoms with Gasteiger partial charge in [-0.2, -0.15) is 13.2 Å². The first-order valence-corrected chi connectivity index (χ1v) is 4.68. The summed E-state index contributed by atoms with van der Waals surface area (Å²) >= 11 is 0. The van der Waals surface area contributed by atoms with Gasteiger partial charge in [-0.25, -0.2) is 0 Å². The van der Waals surface area contributed by atoms with Crippen molar-refractivity contribution in [3.8, 4) is 0 Å². The van der Waals surface area contributed by atoms with Crippen molar-refractivity contribution in [3.05, 3.63) is 29.8 Å². The molecule has 0 aliphatic heterocycles. The van der Waals surface area contributed by atoms with Crippen LogP contribution in [0.3, 0.4) is 0 Å². The van der Waals surface area contributed by atoms with E-state index >= 15 is 0 Å². The van der Waals surface area contributed by atoms with Gasteiger partial charge in [-0.1, -0.05) is 0 Å². The maximum absolute atomic E-state index is 12.1. The number of halogens is 3. The third kappa shape index (κ3) is 3.56. The number of hydrogen-bond acceptors (Lipinski definition) is 2. The summed E-state index contributed by atoms with van der Waals surface area (Å²) in [6, 6.07) is 6.04. The molecule has 0 aromatic heterocycles. The van der Waals surface area contributed by atoms with Crippen LogP contribution in [0.15, 0.2) is 24.3 Å². The third-order valence-electron chi connectivity index (χ3n) is 2.13. The Morgan fingerprint density at radius 2 is 1.75 bits per heavy atom. The van der Waals surface area contributed by atoms with Crippen LogP contribution < -0.4 is 4.90 Å². The van der Waals surface area contributed by atoms with Gasteiger partial charge in [-0.3, -0.25) is 4.79 Å². The molecule has 0 heterocycles. The zero-order chi connectivity index (χ0) is 12.3. The summed E-state index contributed by atoms with van der Waals surface area (Å²) in [5.74, 6) is -0.106. The Balaban J connectivity index is 2.78. The topological polar surface area (TPSA) is 20.3 Å². The van der Waals surface area contributed by atoms with Gasteiger partial charge in [0, 0.05) is 18.3 Å².